The van der Waals surface area contributed by atoms with Gasteiger partial charge in [-0.15, -0.1) is 0 Å². The van der Waals surface area contributed by atoms with E-state index in [9.17, 15) is 9.59 Å². The highest BCUT2D eigenvalue weighted by Gasteiger charge is 2.33. The van der Waals surface area contributed by atoms with Gasteiger partial charge in [0.05, 0.1) is 41.0 Å². The lowest BCUT2D eigenvalue weighted by molar-refractivity contribution is -0.117. The van der Waals surface area contributed by atoms with Crippen LogP contribution < -0.4 is 15.0 Å². The van der Waals surface area contributed by atoms with Crippen LogP contribution in [0.5, 0.6) is 5.75 Å². The van der Waals surface area contributed by atoms with Crippen LogP contribution in [0.25, 0.3) is 5.69 Å². The summed E-state index contributed by atoms with van der Waals surface area (Å²) in [5, 5.41) is 8.44. The summed E-state index contributed by atoms with van der Waals surface area (Å²) in [6, 6.07) is 10.5. The Kier molecular flexibility index (Phi) is 5.76. The number of carbonyl (C=O) groups is 2. The van der Waals surface area contributed by atoms with Crippen LogP contribution in [0, 0.1) is 0 Å². The van der Waals surface area contributed by atoms with Gasteiger partial charge in [-0.1, -0.05) is 23.2 Å². The van der Waals surface area contributed by atoms with Crippen molar-refractivity contribution < 1.29 is 14.3 Å². The van der Waals surface area contributed by atoms with Crippen LogP contribution in [-0.4, -0.2) is 35.2 Å². The molecule has 0 radical (unpaired) electrons. The lowest BCUT2D eigenvalue weighted by atomic mass is 10.1. The molecule has 0 atom stereocenters. The number of rotatable bonds is 6. The third kappa shape index (κ3) is 4.18. The highest BCUT2D eigenvalue weighted by atomic mass is 35.5. The van der Waals surface area contributed by atoms with E-state index in [1.807, 2.05) is 0 Å². The van der Waals surface area contributed by atoms with Crippen molar-refractivity contribution in [2.24, 2.45) is 0 Å². The van der Waals surface area contributed by atoms with E-state index in [2.05, 4.69) is 10.4 Å². The lowest BCUT2D eigenvalue weighted by Crippen LogP contribution is -2.24. The molecule has 1 saturated carbocycles. The number of carbonyl (C=O) groups excluding carboxylic acids is 2. The summed E-state index contributed by atoms with van der Waals surface area (Å²) in [7, 11) is 1.57. The zero-order chi connectivity index (χ0) is 23.1. The standard InChI is InChI=1S/C24H22Cl2N4O3/c1-33-21-9-7-16(12-20(21)29-10-2-3-22(29)31)28-24(32)17-13-27-30(23(17)14-4-5-14)19-8-6-15(25)11-18(19)26/h6-9,11-14H,2-5,10H2,1H3,(H,28,32). The van der Waals surface area contributed by atoms with Crippen LogP contribution in [0.15, 0.2) is 42.6 Å². The van der Waals surface area contributed by atoms with Gasteiger partial charge in [-0.05, 0) is 55.7 Å². The number of ether oxygens (including phenoxy) is 1. The summed E-state index contributed by atoms with van der Waals surface area (Å²) in [6.45, 7) is 0.632. The summed E-state index contributed by atoms with van der Waals surface area (Å²) in [4.78, 5) is 27.2. The Labute approximate surface area is 201 Å². The van der Waals surface area contributed by atoms with Gasteiger partial charge in [-0.25, -0.2) is 4.68 Å². The molecular weight excluding hydrogens is 463 g/mol. The molecule has 9 heteroatoms. The number of methoxy groups -OCH3 is 1. The first-order chi connectivity index (χ1) is 16.0. The van der Waals surface area contributed by atoms with Crippen LogP contribution in [0.3, 0.4) is 0 Å². The monoisotopic (exact) mass is 484 g/mol. The minimum absolute atomic E-state index is 0.0499. The van der Waals surface area contributed by atoms with Gasteiger partial charge in [0.25, 0.3) is 5.91 Å². The Bertz CT molecular complexity index is 1250. The Morgan fingerprint density at radius 2 is 1.97 bits per heavy atom. The molecule has 0 bridgehead atoms. The number of benzene rings is 2. The first-order valence-electron chi connectivity index (χ1n) is 10.8. The first-order valence-corrected chi connectivity index (χ1v) is 11.5. The maximum atomic E-state index is 13.3. The van der Waals surface area contributed by atoms with Gasteiger partial charge in [0.2, 0.25) is 5.91 Å². The quantitative estimate of drug-likeness (QED) is 0.504. The van der Waals surface area contributed by atoms with Crippen molar-refractivity contribution in [2.75, 3.05) is 23.9 Å². The molecule has 2 aromatic carbocycles. The fraction of sp³-hybridized carbons (Fsp3) is 0.292. The molecule has 0 spiro atoms. The highest BCUT2D eigenvalue weighted by molar-refractivity contribution is 6.35. The average Bonchev–Trinajstić information content (AvgIpc) is 3.39. The minimum Gasteiger partial charge on any atom is -0.495 e. The summed E-state index contributed by atoms with van der Waals surface area (Å²) >= 11 is 12.5. The summed E-state index contributed by atoms with van der Waals surface area (Å²) in [5.74, 6) is 0.617. The van der Waals surface area contributed by atoms with Crippen molar-refractivity contribution in [2.45, 2.75) is 31.6 Å². The topological polar surface area (TPSA) is 76.5 Å². The zero-order valence-corrected chi connectivity index (χ0v) is 19.5. The Hall–Kier alpha value is -3.03. The van der Waals surface area contributed by atoms with E-state index < -0.39 is 0 Å². The van der Waals surface area contributed by atoms with Gasteiger partial charge in [0, 0.05) is 29.6 Å². The van der Waals surface area contributed by atoms with Gasteiger partial charge in [0.1, 0.15) is 5.75 Å². The van der Waals surface area contributed by atoms with E-state index in [0.29, 0.717) is 51.4 Å². The van der Waals surface area contributed by atoms with Gasteiger partial charge in [-0.2, -0.15) is 5.10 Å². The number of anilines is 2. The number of amides is 2. The van der Waals surface area contributed by atoms with Crippen molar-refractivity contribution >= 4 is 46.4 Å². The molecule has 1 N–H and O–H groups in total. The number of hydrogen-bond donors (Lipinski definition) is 1. The Balaban J connectivity index is 1.46. The molecule has 2 heterocycles. The number of aromatic nitrogens is 2. The van der Waals surface area contributed by atoms with Crippen molar-refractivity contribution in [1.29, 1.82) is 0 Å². The molecule has 2 fully saturated rings. The zero-order valence-electron chi connectivity index (χ0n) is 18.0. The van der Waals surface area contributed by atoms with Crippen LogP contribution in [0.1, 0.15) is 47.7 Å². The van der Waals surface area contributed by atoms with Gasteiger partial charge < -0.3 is 15.0 Å². The Morgan fingerprint density at radius 3 is 2.64 bits per heavy atom. The molecule has 33 heavy (non-hydrogen) atoms. The minimum atomic E-state index is -0.267. The second-order valence-electron chi connectivity index (χ2n) is 8.21. The van der Waals surface area contributed by atoms with E-state index in [4.69, 9.17) is 27.9 Å². The average molecular weight is 485 g/mol. The molecule has 2 amide bonds. The van der Waals surface area contributed by atoms with E-state index in [1.54, 1.807) is 59.3 Å². The predicted octanol–water partition coefficient (Wildman–Crippen LogP) is 5.44. The van der Waals surface area contributed by atoms with Crippen molar-refractivity contribution in [1.82, 2.24) is 9.78 Å². The first kappa shape index (κ1) is 21.8. The molecule has 7 nitrogen and oxygen atoms in total. The molecule has 170 valence electrons. The van der Waals surface area contributed by atoms with Crippen LogP contribution in [0.2, 0.25) is 10.0 Å². The normalized spacial score (nSPS) is 15.7. The van der Waals surface area contributed by atoms with Crippen LogP contribution in [-0.2, 0) is 4.79 Å². The van der Waals surface area contributed by atoms with E-state index in [0.717, 1.165) is 25.0 Å². The maximum absolute atomic E-state index is 13.3. The molecule has 5 rings (SSSR count). The number of halogens is 2. The second-order valence-corrected chi connectivity index (χ2v) is 9.06. The third-order valence-electron chi connectivity index (χ3n) is 5.95. The highest BCUT2D eigenvalue weighted by Crippen LogP contribution is 2.43. The third-order valence-corrected chi connectivity index (χ3v) is 6.49. The molecular formula is C24H22Cl2N4O3. The fourth-order valence-corrected chi connectivity index (χ4v) is 4.70. The fourth-order valence-electron chi connectivity index (χ4n) is 4.21. The summed E-state index contributed by atoms with van der Waals surface area (Å²) < 4.78 is 7.17. The summed E-state index contributed by atoms with van der Waals surface area (Å²) in [5.41, 5.74) is 3.25. The van der Waals surface area contributed by atoms with Crippen molar-refractivity contribution in [3.8, 4) is 11.4 Å². The molecule has 2 aliphatic rings. The second kappa shape index (κ2) is 8.72. The van der Waals surface area contributed by atoms with Gasteiger partial charge in [-0.3, -0.25) is 9.59 Å². The molecule has 1 saturated heterocycles. The maximum Gasteiger partial charge on any atom is 0.259 e. The van der Waals surface area contributed by atoms with Crippen LogP contribution >= 0.6 is 23.2 Å². The van der Waals surface area contributed by atoms with Crippen molar-refractivity contribution in [3.05, 3.63) is 63.9 Å². The smallest absolute Gasteiger partial charge is 0.259 e. The largest absolute Gasteiger partial charge is 0.495 e. The number of nitrogens with one attached hydrogen (secondary N) is 1. The van der Waals surface area contributed by atoms with E-state index >= 15 is 0 Å². The number of nitrogens with zero attached hydrogens (tertiary/aromatic N) is 3. The van der Waals surface area contributed by atoms with Crippen molar-refractivity contribution in [3.63, 3.8) is 0 Å². The van der Waals surface area contributed by atoms with Crippen LogP contribution in [0.4, 0.5) is 11.4 Å². The summed E-state index contributed by atoms with van der Waals surface area (Å²) in [6.07, 6.45) is 4.86. The molecule has 1 aromatic heterocycles. The number of hydrogen-bond acceptors (Lipinski definition) is 4. The Morgan fingerprint density at radius 1 is 1.15 bits per heavy atom. The molecule has 1 aliphatic heterocycles. The van der Waals surface area contributed by atoms with E-state index in [-0.39, 0.29) is 17.7 Å². The van der Waals surface area contributed by atoms with Gasteiger partial charge in [0.15, 0.2) is 0 Å². The van der Waals surface area contributed by atoms with E-state index in [1.165, 1.54) is 0 Å². The van der Waals surface area contributed by atoms with Gasteiger partial charge >= 0.3 is 0 Å². The molecule has 0 unspecified atom stereocenters. The predicted molar refractivity (Wildman–Crippen MR) is 128 cm³/mol. The lowest BCUT2D eigenvalue weighted by Gasteiger charge is -2.20. The SMILES string of the molecule is COc1ccc(NC(=O)c2cnn(-c3ccc(Cl)cc3Cl)c2C2CC2)cc1N1CCCC1=O. The molecule has 1 aliphatic carbocycles. The molecule has 3 aromatic rings.